The quantitative estimate of drug-likeness (QED) is 0.449. The van der Waals surface area contributed by atoms with Crippen molar-refractivity contribution in [3.63, 3.8) is 0 Å². The SMILES string of the molecule is CCOCCCC(=O)c1ccc(C(F)(F)F)c(F)c1. The van der Waals surface area contributed by atoms with Crippen molar-refractivity contribution in [3.05, 3.63) is 35.1 Å². The average Bonchev–Trinajstić information content (AvgIpc) is 2.32. The van der Waals surface area contributed by atoms with Gasteiger partial charge in [0.1, 0.15) is 5.82 Å². The number of Topliss-reactive ketones (excluding diaryl/α,β-unsaturated/α-hetero) is 1. The van der Waals surface area contributed by atoms with Crippen molar-refractivity contribution in [2.24, 2.45) is 0 Å². The molecular formula is C13H14F4O2. The molecule has 0 saturated heterocycles. The molecule has 0 heterocycles. The highest BCUT2D eigenvalue weighted by atomic mass is 19.4. The third kappa shape index (κ3) is 4.63. The lowest BCUT2D eigenvalue weighted by Crippen LogP contribution is -2.10. The van der Waals surface area contributed by atoms with Gasteiger partial charge < -0.3 is 4.74 Å². The van der Waals surface area contributed by atoms with Gasteiger partial charge in [-0.3, -0.25) is 4.79 Å². The molecule has 0 saturated carbocycles. The van der Waals surface area contributed by atoms with Gasteiger partial charge in [-0.2, -0.15) is 13.2 Å². The van der Waals surface area contributed by atoms with Crippen molar-refractivity contribution in [1.82, 2.24) is 0 Å². The van der Waals surface area contributed by atoms with E-state index in [9.17, 15) is 22.4 Å². The molecule has 1 aromatic carbocycles. The highest BCUT2D eigenvalue weighted by Gasteiger charge is 2.34. The molecule has 106 valence electrons. The van der Waals surface area contributed by atoms with E-state index in [1.165, 1.54) is 0 Å². The molecule has 1 aromatic rings. The van der Waals surface area contributed by atoms with E-state index in [1.807, 2.05) is 6.92 Å². The maximum absolute atomic E-state index is 13.3. The second-order valence-electron chi connectivity index (χ2n) is 3.92. The highest BCUT2D eigenvalue weighted by molar-refractivity contribution is 5.96. The molecule has 0 aliphatic heterocycles. The minimum Gasteiger partial charge on any atom is -0.382 e. The van der Waals surface area contributed by atoms with Gasteiger partial charge in [0.25, 0.3) is 0 Å². The zero-order valence-electron chi connectivity index (χ0n) is 10.4. The van der Waals surface area contributed by atoms with Crippen molar-refractivity contribution in [2.75, 3.05) is 13.2 Å². The fourth-order valence-electron chi connectivity index (χ4n) is 1.54. The summed E-state index contributed by atoms with van der Waals surface area (Å²) >= 11 is 0. The molecule has 0 fully saturated rings. The number of carbonyl (C=O) groups excluding carboxylic acids is 1. The Labute approximate surface area is 108 Å². The molecule has 0 aliphatic rings. The number of alkyl halides is 3. The Bertz CT molecular complexity index is 441. The number of ether oxygens (including phenoxy) is 1. The van der Waals surface area contributed by atoms with Crippen LogP contribution in [-0.4, -0.2) is 19.0 Å². The van der Waals surface area contributed by atoms with Crippen LogP contribution in [0.2, 0.25) is 0 Å². The summed E-state index contributed by atoms with van der Waals surface area (Å²) in [5.74, 6) is -1.82. The van der Waals surface area contributed by atoms with Gasteiger partial charge in [0.2, 0.25) is 0 Å². The van der Waals surface area contributed by atoms with Crippen LogP contribution in [-0.2, 0) is 10.9 Å². The first-order valence-electron chi connectivity index (χ1n) is 5.84. The van der Waals surface area contributed by atoms with E-state index in [-0.39, 0.29) is 12.0 Å². The zero-order valence-corrected chi connectivity index (χ0v) is 10.4. The summed E-state index contributed by atoms with van der Waals surface area (Å²) in [6.07, 6.45) is -4.18. The van der Waals surface area contributed by atoms with E-state index < -0.39 is 23.3 Å². The number of benzene rings is 1. The summed E-state index contributed by atoms with van der Waals surface area (Å²) in [6, 6.07) is 2.21. The topological polar surface area (TPSA) is 26.3 Å². The first kappa shape index (κ1) is 15.6. The Morgan fingerprint density at radius 1 is 1.32 bits per heavy atom. The second-order valence-corrected chi connectivity index (χ2v) is 3.92. The Morgan fingerprint density at radius 3 is 2.53 bits per heavy atom. The van der Waals surface area contributed by atoms with Crippen molar-refractivity contribution < 1.29 is 27.1 Å². The van der Waals surface area contributed by atoms with Crippen molar-refractivity contribution >= 4 is 5.78 Å². The van der Waals surface area contributed by atoms with Crippen LogP contribution in [0, 0.1) is 5.82 Å². The lowest BCUT2D eigenvalue weighted by atomic mass is 10.0. The molecule has 19 heavy (non-hydrogen) atoms. The largest absolute Gasteiger partial charge is 0.419 e. The first-order valence-corrected chi connectivity index (χ1v) is 5.84. The predicted molar refractivity (Wildman–Crippen MR) is 61.5 cm³/mol. The Hall–Kier alpha value is -1.43. The average molecular weight is 278 g/mol. The van der Waals surface area contributed by atoms with Gasteiger partial charge in [-0.05, 0) is 25.5 Å². The minimum absolute atomic E-state index is 0.0537. The molecule has 0 N–H and O–H groups in total. The second kappa shape index (κ2) is 6.65. The summed E-state index contributed by atoms with van der Waals surface area (Å²) in [7, 11) is 0. The number of hydrogen-bond acceptors (Lipinski definition) is 2. The van der Waals surface area contributed by atoms with Crippen LogP contribution in [0.1, 0.15) is 35.7 Å². The van der Waals surface area contributed by atoms with Gasteiger partial charge in [-0.15, -0.1) is 0 Å². The zero-order chi connectivity index (χ0) is 14.5. The Kier molecular flexibility index (Phi) is 5.47. The summed E-state index contributed by atoms with van der Waals surface area (Å²) in [4.78, 5) is 11.6. The molecule has 0 aliphatic carbocycles. The third-order valence-electron chi connectivity index (χ3n) is 2.49. The standard InChI is InChI=1S/C13H14F4O2/c1-2-19-7-3-4-12(18)9-5-6-10(11(14)8-9)13(15,16)17/h5-6,8H,2-4,7H2,1H3. The van der Waals surface area contributed by atoms with Gasteiger partial charge in [-0.1, -0.05) is 6.07 Å². The fourth-order valence-corrected chi connectivity index (χ4v) is 1.54. The minimum atomic E-state index is -4.75. The normalized spacial score (nSPS) is 11.6. The first-order chi connectivity index (χ1) is 8.86. The number of carbonyl (C=O) groups is 1. The number of hydrogen-bond donors (Lipinski definition) is 0. The van der Waals surface area contributed by atoms with Crippen LogP contribution in [0.25, 0.3) is 0 Å². The van der Waals surface area contributed by atoms with Gasteiger partial charge in [0.05, 0.1) is 5.56 Å². The summed E-state index contributed by atoms with van der Waals surface area (Å²) in [5.41, 5.74) is -1.42. The molecule has 2 nitrogen and oxygen atoms in total. The molecule has 0 amide bonds. The van der Waals surface area contributed by atoms with Crippen molar-refractivity contribution in [3.8, 4) is 0 Å². The van der Waals surface area contributed by atoms with Crippen molar-refractivity contribution in [2.45, 2.75) is 25.9 Å². The smallest absolute Gasteiger partial charge is 0.382 e. The van der Waals surface area contributed by atoms with Gasteiger partial charge >= 0.3 is 6.18 Å². The third-order valence-corrected chi connectivity index (χ3v) is 2.49. The van der Waals surface area contributed by atoms with E-state index >= 15 is 0 Å². The molecule has 0 radical (unpaired) electrons. The number of ketones is 1. The van der Waals surface area contributed by atoms with E-state index in [2.05, 4.69) is 0 Å². The van der Waals surface area contributed by atoms with E-state index in [1.54, 1.807) is 0 Å². The predicted octanol–water partition coefficient (Wildman–Crippen LogP) is 3.84. The molecule has 0 atom stereocenters. The fraction of sp³-hybridized carbons (Fsp3) is 0.462. The summed E-state index contributed by atoms with van der Waals surface area (Å²) < 4.78 is 55.3. The van der Waals surface area contributed by atoms with Gasteiger partial charge in [-0.25, -0.2) is 4.39 Å². The Balaban J connectivity index is 2.70. The highest BCUT2D eigenvalue weighted by Crippen LogP contribution is 2.31. The summed E-state index contributed by atoms with van der Waals surface area (Å²) in [5, 5.41) is 0. The number of rotatable bonds is 6. The van der Waals surface area contributed by atoms with Crippen molar-refractivity contribution in [1.29, 1.82) is 0 Å². The van der Waals surface area contributed by atoms with Crippen LogP contribution in [0.3, 0.4) is 0 Å². The molecular weight excluding hydrogens is 264 g/mol. The van der Waals surface area contributed by atoms with Gasteiger partial charge in [0, 0.05) is 25.2 Å². The van der Waals surface area contributed by atoms with Gasteiger partial charge in [0.15, 0.2) is 5.78 Å². The maximum Gasteiger partial charge on any atom is 0.419 e. The maximum atomic E-state index is 13.3. The number of halogens is 4. The van der Waals surface area contributed by atoms with Crippen LogP contribution < -0.4 is 0 Å². The van der Waals surface area contributed by atoms with E-state index in [0.29, 0.717) is 31.8 Å². The molecule has 0 unspecified atom stereocenters. The van der Waals surface area contributed by atoms with Crippen LogP contribution in [0.4, 0.5) is 17.6 Å². The van der Waals surface area contributed by atoms with Crippen LogP contribution >= 0.6 is 0 Å². The summed E-state index contributed by atoms with van der Waals surface area (Å²) in [6.45, 7) is 2.74. The Morgan fingerprint density at radius 2 is 2.00 bits per heavy atom. The molecule has 0 aromatic heterocycles. The molecule has 0 spiro atoms. The van der Waals surface area contributed by atoms with Crippen LogP contribution in [0.5, 0.6) is 0 Å². The monoisotopic (exact) mass is 278 g/mol. The van der Waals surface area contributed by atoms with E-state index in [0.717, 1.165) is 6.07 Å². The van der Waals surface area contributed by atoms with Crippen LogP contribution in [0.15, 0.2) is 18.2 Å². The van der Waals surface area contributed by atoms with E-state index in [4.69, 9.17) is 4.74 Å². The lowest BCUT2D eigenvalue weighted by Gasteiger charge is -2.09. The lowest BCUT2D eigenvalue weighted by molar-refractivity contribution is -0.140. The molecule has 1 rings (SSSR count). The molecule has 0 bridgehead atoms. The molecule has 6 heteroatoms.